The number of likely N-dealkylation sites (N-methyl/N-ethyl adjacent to an activating group) is 1. The van der Waals surface area contributed by atoms with E-state index in [0.29, 0.717) is 13.0 Å². The Morgan fingerprint density at radius 1 is 1.08 bits per heavy atom. The maximum Gasteiger partial charge on any atom is 0.224 e. The molecule has 5 nitrogen and oxygen atoms in total. The number of hydrogen-bond donors (Lipinski definition) is 0. The number of aromatic nitrogens is 2. The smallest absolute Gasteiger partial charge is 0.224 e. The van der Waals surface area contributed by atoms with Crippen LogP contribution in [-0.2, 0) is 11.3 Å². The first-order chi connectivity index (χ1) is 12.7. The second-order valence-corrected chi connectivity index (χ2v) is 6.95. The summed E-state index contributed by atoms with van der Waals surface area (Å²) in [6, 6.07) is 18.5. The molecule has 0 N–H and O–H groups in total. The van der Waals surface area contributed by atoms with Gasteiger partial charge in [-0.15, -0.1) is 0 Å². The van der Waals surface area contributed by atoms with Crippen LogP contribution in [0.3, 0.4) is 0 Å². The Kier molecular flexibility index (Phi) is 4.71. The van der Waals surface area contributed by atoms with Gasteiger partial charge in [-0.2, -0.15) is 0 Å². The fourth-order valence-corrected chi connectivity index (χ4v) is 3.73. The van der Waals surface area contributed by atoms with Crippen LogP contribution < -0.4 is 0 Å². The Morgan fingerprint density at radius 3 is 2.69 bits per heavy atom. The molecule has 1 atom stereocenters. The fraction of sp³-hybridized carbons (Fsp3) is 0.333. The van der Waals surface area contributed by atoms with Crippen LogP contribution in [0.2, 0.25) is 0 Å². The predicted octanol–water partition coefficient (Wildman–Crippen LogP) is 2.94. The summed E-state index contributed by atoms with van der Waals surface area (Å²) in [6.45, 7) is 3.24. The number of piperazine rings is 1. The number of fused-ring (bicyclic) bond motifs is 1. The first kappa shape index (κ1) is 16.8. The first-order valence-corrected chi connectivity index (χ1v) is 9.15. The number of para-hydroxylation sites is 2. The molecule has 0 radical (unpaired) electrons. The highest BCUT2D eigenvalue weighted by Gasteiger charge is 2.29. The van der Waals surface area contributed by atoms with Crippen LogP contribution in [-0.4, -0.2) is 51.9 Å². The molecule has 1 aliphatic heterocycles. The third-order valence-electron chi connectivity index (χ3n) is 5.18. The van der Waals surface area contributed by atoms with Crippen LogP contribution in [0.4, 0.5) is 0 Å². The van der Waals surface area contributed by atoms with E-state index in [1.807, 2.05) is 42.7 Å². The molecule has 1 aromatic heterocycles. The number of rotatable bonds is 4. The van der Waals surface area contributed by atoms with Gasteiger partial charge in [0.05, 0.1) is 23.4 Å². The van der Waals surface area contributed by atoms with E-state index in [2.05, 4.69) is 44.6 Å². The highest BCUT2D eigenvalue weighted by molar-refractivity contribution is 5.78. The SMILES string of the molecule is CN1CCN(C(=O)CCn2cnc3ccccc32)C(c2ccccc2)C1. The van der Waals surface area contributed by atoms with Gasteiger partial charge in [-0.3, -0.25) is 4.79 Å². The lowest BCUT2D eigenvalue weighted by Crippen LogP contribution is -2.49. The van der Waals surface area contributed by atoms with Gasteiger partial charge in [-0.25, -0.2) is 4.98 Å². The lowest BCUT2D eigenvalue weighted by atomic mass is 10.0. The van der Waals surface area contributed by atoms with Gasteiger partial charge < -0.3 is 14.4 Å². The summed E-state index contributed by atoms with van der Waals surface area (Å²) < 4.78 is 2.07. The third kappa shape index (κ3) is 3.35. The molecule has 0 aliphatic carbocycles. The van der Waals surface area contributed by atoms with Crippen LogP contribution in [0.5, 0.6) is 0 Å². The second-order valence-electron chi connectivity index (χ2n) is 6.95. The molecule has 134 valence electrons. The zero-order valence-corrected chi connectivity index (χ0v) is 15.1. The van der Waals surface area contributed by atoms with E-state index in [0.717, 1.165) is 30.7 Å². The molecule has 3 aromatic rings. The molecule has 1 unspecified atom stereocenters. The quantitative estimate of drug-likeness (QED) is 0.728. The maximum absolute atomic E-state index is 13.0. The predicted molar refractivity (Wildman–Crippen MR) is 103 cm³/mol. The Bertz CT molecular complexity index is 889. The first-order valence-electron chi connectivity index (χ1n) is 9.15. The van der Waals surface area contributed by atoms with Gasteiger partial charge in [0, 0.05) is 32.6 Å². The molecule has 2 heterocycles. The molecule has 4 rings (SSSR count). The summed E-state index contributed by atoms with van der Waals surface area (Å²) >= 11 is 0. The van der Waals surface area contributed by atoms with Crippen LogP contribution in [0.1, 0.15) is 18.0 Å². The molecule has 1 fully saturated rings. The van der Waals surface area contributed by atoms with Crippen LogP contribution in [0, 0.1) is 0 Å². The average Bonchev–Trinajstić information content (AvgIpc) is 3.10. The minimum atomic E-state index is 0.127. The van der Waals surface area contributed by atoms with Crippen molar-refractivity contribution >= 4 is 16.9 Å². The van der Waals surface area contributed by atoms with Crippen molar-refractivity contribution in [1.29, 1.82) is 0 Å². The fourth-order valence-electron chi connectivity index (χ4n) is 3.73. The van der Waals surface area contributed by atoms with E-state index in [9.17, 15) is 4.79 Å². The number of benzene rings is 2. The van der Waals surface area contributed by atoms with E-state index in [-0.39, 0.29) is 11.9 Å². The normalized spacial score (nSPS) is 18.3. The van der Waals surface area contributed by atoms with E-state index in [1.165, 1.54) is 5.56 Å². The molecular formula is C21H24N4O. The average molecular weight is 348 g/mol. The van der Waals surface area contributed by atoms with Gasteiger partial charge in [0.2, 0.25) is 5.91 Å². The monoisotopic (exact) mass is 348 g/mol. The molecular weight excluding hydrogens is 324 g/mol. The molecule has 0 spiro atoms. The van der Waals surface area contributed by atoms with Crippen molar-refractivity contribution in [3.63, 3.8) is 0 Å². The molecule has 1 saturated heterocycles. The van der Waals surface area contributed by atoms with E-state index < -0.39 is 0 Å². The Morgan fingerprint density at radius 2 is 1.85 bits per heavy atom. The molecule has 1 amide bonds. The Labute approximate surface area is 153 Å². The topological polar surface area (TPSA) is 41.4 Å². The summed E-state index contributed by atoms with van der Waals surface area (Å²) in [4.78, 5) is 21.8. The molecule has 5 heteroatoms. The van der Waals surface area contributed by atoms with Crippen molar-refractivity contribution in [3.05, 3.63) is 66.5 Å². The standard InChI is InChI=1S/C21H24N4O/c1-23-13-14-25(20(15-23)17-7-3-2-4-8-17)21(26)11-12-24-16-22-18-9-5-6-10-19(18)24/h2-10,16,20H,11-15H2,1H3. The highest BCUT2D eigenvalue weighted by atomic mass is 16.2. The van der Waals surface area contributed by atoms with Crippen molar-refractivity contribution in [3.8, 4) is 0 Å². The second kappa shape index (κ2) is 7.30. The summed E-state index contributed by atoms with van der Waals surface area (Å²) in [5.41, 5.74) is 3.26. The van der Waals surface area contributed by atoms with Crippen molar-refractivity contribution in [2.45, 2.75) is 19.0 Å². The summed E-state index contributed by atoms with van der Waals surface area (Å²) in [7, 11) is 2.12. The van der Waals surface area contributed by atoms with Gasteiger partial charge in [0.1, 0.15) is 0 Å². The van der Waals surface area contributed by atoms with Crippen LogP contribution >= 0.6 is 0 Å². The number of aryl methyl sites for hydroxylation is 1. The number of amides is 1. The highest BCUT2D eigenvalue weighted by Crippen LogP contribution is 2.25. The van der Waals surface area contributed by atoms with Gasteiger partial charge in [-0.05, 0) is 24.7 Å². The van der Waals surface area contributed by atoms with Crippen molar-refractivity contribution < 1.29 is 4.79 Å². The molecule has 2 aromatic carbocycles. The van der Waals surface area contributed by atoms with E-state index in [4.69, 9.17) is 0 Å². The number of imidazole rings is 1. The lowest BCUT2D eigenvalue weighted by Gasteiger charge is -2.40. The number of hydrogen-bond acceptors (Lipinski definition) is 3. The molecule has 26 heavy (non-hydrogen) atoms. The van der Waals surface area contributed by atoms with Gasteiger partial charge >= 0.3 is 0 Å². The largest absolute Gasteiger partial charge is 0.333 e. The number of carbonyl (C=O) groups is 1. The lowest BCUT2D eigenvalue weighted by molar-refractivity contribution is -0.136. The minimum absolute atomic E-state index is 0.127. The zero-order valence-electron chi connectivity index (χ0n) is 15.1. The number of carbonyl (C=O) groups excluding carboxylic acids is 1. The van der Waals surface area contributed by atoms with E-state index >= 15 is 0 Å². The van der Waals surface area contributed by atoms with Gasteiger partial charge in [-0.1, -0.05) is 42.5 Å². The molecule has 0 bridgehead atoms. The third-order valence-corrected chi connectivity index (χ3v) is 5.18. The summed E-state index contributed by atoms with van der Waals surface area (Å²) in [6.07, 6.45) is 2.32. The summed E-state index contributed by atoms with van der Waals surface area (Å²) in [5.74, 6) is 0.213. The zero-order chi connectivity index (χ0) is 17.9. The Balaban J connectivity index is 1.49. The van der Waals surface area contributed by atoms with Crippen molar-refractivity contribution in [1.82, 2.24) is 19.4 Å². The van der Waals surface area contributed by atoms with Gasteiger partial charge in [0.15, 0.2) is 0 Å². The summed E-state index contributed by atoms with van der Waals surface area (Å²) in [5, 5.41) is 0. The van der Waals surface area contributed by atoms with Crippen LogP contribution in [0.25, 0.3) is 11.0 Å². The molecule has 0 saturated carbocycles. The van der Waals surface area contributed by atoms with Crippen molar-refractivity contribution in [2.75, 3.05) is 26.7 Å². The maximum atomic E-state index is 13.0. The van der Waals surface area contributed by atoms with E-state index in [1.54, 1.807) is 0 Å². The van der Waals surface area contributed by atoms with Crippen molar-refractivity contribution in [2.24, 2.45) is 0 Å². The van der Waals surface area contributed by atoms with Crippen LogP contribution in [0.15, 0.2) is 60.9 Å². The Hall–Kier alpha value is -2.66. The van der Waals surface area contributed by atoms with Gasteiger partial charge in [0.25, 0.3) is 0 Å². The minimum Gasteiger partial charge on any atom is -0.333 e. The number of nitrogens with zero attached hydrogens (tertiary/aromatic N) is 4. The molecule has 1 aliphatic rings.